The molecule has 0 bridgehead atoms. The quantitative estimate of drug-likeness (QED) is 0.435. The van der Waals surface area contributed by atoms with Crippen LogP contribution in [0.3, 0.4) is 0 Å². The van der Waals surface area contributed by atoms with E-state index in [9.17, 15) is 4.39 Å². The number of rotatable bonds is 8. The van der Waals surface area contributed by atoms with E-state index in [1.54, 1.807) is 26.4 Å². The van der Waals surface area contributed by atoms with E-state index in [2.05, 4.69) is 15.6 Å². The van der Waals surface area contributed by atoms with Crippen LogP contribution in [-0.4, -0.2) is 39.9 Å². The van der Waals surface area contributed by atoms with Crippen LogP contribution in [0.1, 0.15) is 18.1 Å². The van der Waals surface area contributed by atoms with Crippen molar-refractivity contribution in [1.82, 2.24) is 10.6 Å². The first kappa shape index (κ1) is 17.4. The molecule has 0 unspecified atom stereocenters. The summed E-state index contributed by atoms with van der Waals surface area (Å²) < 4.78 is 23.5. The number of halogens is 1. The molecule has 1 aromatic carbocycles. The van der Waals surface area contributed by atoms with Gasteiger partial charge in [0, 0.05) is 32.9 Å². The molecule has 0 saturated carbocycles. The van der Waals surface area contributed by atoms with Crippen molar-refractivity contribution in [3.8, 4) is 0 Å². The molecule has 0 amide bonds. The molecule has 0 atom stereocenters. The number of nitrogens with zero attached hydrogens (tertiary/aromatic N) is 1. The van der Waals surface area contributed by atoms with Crippen molar-refractivity contribution in [3.05, 3.63) is 35.1 Å². The lowest BCUT2D eigenvalue weighted by molar-refractivity contribution is 0.181. The molecule has 0 aliphatic carbocycles. The van der Waals surface area contributed by atoms with Gasteiger partial charge in [-0.15, -0.1) is 0 Å². The minimum Gasteiger partial charge on any atom is -0.383 e. The molecule has 0 heterocycles. The molecule has 0 aromatic heterocycles. The zero-order valence-corrected chi connectivity index (χ0v) is 12.9. The lowest BCUT2D eigenvalue weighted by atomic mass is 10.1. The Bertz CT molecular complexity index is 453. The first-order chi connectivity index (χ1) is 10.2. The molecule has 118 valence electrons. The van der Waals surface area contributed by atoms with Gasteiger partial charge in [0.25, 0.3) is 0 Å². The van der Waals surface area contributed by atoms with Crippen LogP contribution in [0.2, 0.25) is 0 Å². The Morgan fingerprint density at radius 2 is 2.05 bits per heavy atom. The highest BCUT2D eigenvalue weighted by Crippen LogP contribution is 2.12. The van der Waals surface area contributed by atoms with Crippen LogP contribution in [0.25, 0.3) is 0 Å². The molecule has 2 N–H and O–H groups in total. The van der Waals surface area contributed by atoms with Crippen molar-refractivity contribution in [1.29, 1.82) is 0 Å². The smallest absolute Gasteiger partial charge is 0.191 e. The Kier molecular flexibility index (Phi) is 8.38. The van der Waals surface area contributed by atoms with Crippen LogP contribution in [0.4, 0.5) is 4.39 Å². The Hall–Kier alpha value is -1.66. The van der Waals surface area contributed by atoms with Crippen LogP contribution in [-0.2, 0) is 22.6 Å². The molecular formula is C15H24FN3O2. The molecule has 0 fully saturated rings. The van der Waals surface area contributed by atoms with Crippen LogP contribution in [0.15, 0.2) is 23.2 Å². The molecule has 1 rings (SSSR count). The second-order valence-corrected chi connectivity index (χ2v) is 4.47. The maximum atomic E-state index is 13.5. The van der Waals surface area contributed by atoms with E-state index in [1.807, 2.05) is 6.92 Å². The number of benzene rings is 1. The number of hydrogen-bond acceptors (Lipinski definition) is 3. The Morgan fingerprint density at radius 3 is 2.71 bits per heavy atom. The second kappa shape index (κ2) is 10.1. The largest absolute Gasteiger partial charge is 0.383 e. The summed E-state index contributed by atoms with van der Waals surface area (Å²) in [6.07, 6.45) is 0. The molecule has 21 heavy (non-hydrogen) atoms. The molecule has 0 saturated heterocycles. The molecule has 5 nitrogen and oxygen atoms in total. The summed E-state index contributed by atoms with van der Waals surface area (Å²) in [6.45, 7) is 4.80. The van der Waals surface area contributed by atoms with Crippen molar-refractivity contribution in [2.75, 3.05) is 33.9 Å². The van der Waals surface area contributed by atoms with Crippen molar-refractivity contribution < 1.29 is 13.9 Å². The van der Waals surface area contributed by atoms with Crippen LogP contribution in [0, 0.1) is 5.82 Å². The van der Waals surface area contributed by atoms with Crippen LogP contribution >= 0.6 is 0 Å². The average molecular weight is 297 g/mol. The second-order valence-electron chi connectivity index (χ2n) is 4.47. The monoisotopic (exact) mass is 297 g/mol. The minimum atomic E-state index is -0.255. The Labute approximate surface area is 125 Å². The average Bonchev–Trinajstić information content (AvgIpc) is 2.48. The van der Waals surface area contributed by atoms with Gasteiger partial charge in [-0.3, -0.25) is 0 Å². The van der Waals surface area contributed by atoms with E-state index in [0.29, 0.717) is 31.2 Å². The fourth-order valence-corrected chi connectivity index (χ4v) is 1.78. The summed E-state index contributed by atoms with van der Waals surface area (Å²) in [5.41, 5.74) is 1.48. The molecule has 0 aliphatic heterocycles. The highest BCUT2D eigenvalue weighted by atomic mass is 19.1. The van der Waals surface area contributed by atoms with E-state index in [-0.39, 0.29) is 12.4 Å². The van der Waals surface area contributed by atoms with Gasteiger partial charge in [-0.05, 0) is 24.6 Å². The number of guanidine groups is 1. The summed E-state index contributed by atoms with van der Waals surface area (Å²) in [5.74, 6) is 0.460. The van der Waals surface area contributed by atoms with E-state index in [4.69, 9.17) is 9.47 Å². The highest BCUT2D eigenvalue weighted by molar-refractivity contribution is 5.79. The summed E-state index contributed by atoms with van der Waals surface area (Å²) in [5, 5.41) is 6.31. The first-order valence-corrected chi connectivity index (χ1v) is 6.98. The predicted octanol–water partition coefficient (Wildman–Crippen LogP) is 1.67. The fraction of sp³-hybridized carbons (Fsp3) is 0.533. The SMILES string of the molecule is CCNC(=NCc1ccc(F)c(COC)c1)NCCOC. The maximum Gasteiger partial charge on any atom is 0.191 e. The third-order valence-electron chi connectivity index (χ3n) is 2.77. The number of methoxy groups -OCH3 is 2. The third kappa shape index (κ3) is 6.55. The van der Waals surface area contributed by atoms with Crippen molar-refractivity contribution in [2.24, 2.45) is 4.99 Å². The Balaban J connectivity index is 2.67. The third-order valence-corrected chi connectivity index (χ3v) is 2.77. The lowest BCUT2D eigenvalue weighted by Gasteiger charge is -2.11. The van der Waals surface area contributed by atoms with Crippen molar-refractivity contribution >= 4 is 5.96 Å². The normalized spacial score (nSPS) is 11.5. The zero-order chi connectivity index (χ0) is 15.5. The number of aliphatic imine (C=N–C) groups is 1. The first-order valence-electron chi connectivity index (χ1n) is 6.98. The summed E-state index contributed by atoms with van der Waals surface area (Å²) in [7, 11) is 3.20. The van der Waals surface area contributed by atoms with Crippen molar-refractivity contribution in [2.45, 2.75) is 20.1 Å². The van der Waals surface area contributed by atoms with Gasteiger partial charge in [-0.2, -0.15) is 0 Å². The van der Waals surface area contributed by atoms with E-state index >= 15 is 0 Å². The van der Waals surface area contributed by atoms with E-state index in [0.717, 1.165) is 12.1 Å². The molecule has 0 spiro atoms. The lowest BCUT2D eigenvalue weighted by Crippen LogP contribution is -2.38. The van der Waals surface area contributed by atoms with E-state index in [1.165, 1.54) is 6.07 Å². The summed E-state index contributed by atoms with van der Waals surface area (Å²) in [4.78, 5) is 4.46. The number of nitrogens with one attached hydrogen (secondary N) is 2. The fourth-order valence-electron chi connectivity index (χ4n) is 1.78. The van der Waals surface area contributed by atoms with Gasteiger partial charge in [0.2, 0.25) is 0 Å². The van der Waals surface area contributed by atoms with Gasteiger partial charge in [-0.1, -0.05) is 6.07 Å². The molecule has 0 radical (unpaired) electrons. The van der Waals surface area contributed by atoms with Crippen LogP contribution in [0.5, 0.6) is 0 Å². The van der Waals surface area contributed by atoms with Gasteiger partial charge in [0.1, 0.15) is 5.82 Å². The maximum absolute atomic E-state index is 13.5. The van der Waals surface area contributed by atoms with Gasteiger partial charge in [-0.25, -0.2) is 9.38 Å². The molecule has 0 aliphatic rings. The predicted molar refractivity (Wildman–Crippen MR) is 81.8 cm³/mol. The van der Waals surface area contributed by atoms with Crippen molar-refractivity contribution in [3.63, 3.8) is 0 Å². The van der Waals surface area contributed by atoms with Gasteiger partial charge < -0.3 is 20.1 Å². The van der Waals surface area contributed by atoms with Crippen LogP contribution < -0.4 is 10.6 Å². The molecule has 1 aromatic rings. The van der Waals surface area contributed by atoms with Gasteiger partial charge >= 0.3 is 0 Å². The van der Waals surface area contributed by atoms with E-state index < -0.39 is 0 Å². The van der Waals surface area contributed by atoms with Gasteiger partial charge in [0.05, 0.1) is 19.8 Å². The standard InChI is InChI=1S/C15H24FN3O2/c1-4-17-15(18-7-8-20-2)19-10-12-5-6-14(16)13(9-12)11-21-3/h5-6,9H,4,7-8,10-11H2,1-3H3,(H2,17,18,19). The molecule has 6 heteroatoms. The summed E-state index contributed by atoms with van der Waals surface area (Å²) >= 11 is 0. The minimum absolute atomic E-state index is 0.255. The summed E-state index contributed by atoms with van der Waals surface area (Å²) in [6, 6.07) is 4.96. The molecular weight excluding hydrogens is 273 g/mol. The highest BCUT2D eigenvalue weighted by Gasteiger charge is 2.04. The Morgan fingerprint density at radius 1 is 1.24 bits per heavy atom. The number of ether oxygens (including phenoxy) is 2. The number of hydrogen-bond donors (Lipinski definition) is 2. The zero-order valence-electron chi connectivity index (χ0n) is 12.9. The van der Waals surface area contributed by atoms with Gasteiger partial charge in [0.15, 0.2) is 5.96 Å². The topological polar surface area (TPSA) is 54.9 Å².